The Balaban J connectivity index is 3.38. The van der Waals surface area contributed by atoms with E-state index in [0.29, 0.717) is 19.4 Å². The second-order valence-corrected chi connectivity index (χ2v) is 23.5. The Bertz CT molecular complexity index is 1170. The minimum absolute atomic E-state index is 0.00887. The summed E-state index contributed by atoms with van der Waals surface area (Å²) in [5.74, 6) is -0.0537. The fourth-order valence-electron chi connectivity index (χ4n) is 10.7. The second-order valence-electron chi connectivity index (χ2n) is 23.5. The topological polar surface area (TPSA) is 95.9 Å². The van der Waals surface area contributed by atoms with Crippen molar-refractivity contribution in [1.29, 1.82) is 0 Å². The maximum Gasteiger partial charge on any atom is 0.305 e. The molecule has 444 valence electrons. The minimum atomic E-state index is -0.843. The van der Waals surface area contributed by atoms with Crippen LogP contribution >= 0.6 is 0 Å². The van der Waals surface area contributed by atoms with Gasteiger partial charge in [0.1, 0.15) is 0 Å². The summed E-state index contributed by atoms with van der Waals surface area (Å²) in [4.78, 5) is 24.6. The monoisotopic (exact) mass is 1060 g/mol. The standard InChI is InChI=1S/C69H133NO5/c1-3-5-7-9-11-13-15-17-19-20-31-34-37-41-45-49-53-57-61-67(72)66(65-71)70-68(73)62-58-54-50-46-42-38-35-32-29-27-25-23-21-22-24-26-28-30-33-36-40-44-48-52-56-60-64-75-69(74)63-59-55-51-47-43-39-18-16-14-12-10-8-6-4-2/h16,18,57,61,66-67,71-72H,3-15,17,19-56,58-60,62-65H2,1-2H3,(H,70,73)/b18-16-,61-57+. The lowest BCUT2D eigenvalue weighted by Gasteiger charge is -2.20. The largest absolute Gasteiger partial charge is 0.466 e. The van der Waals surface area contributed by atoms with E-state index in [0.717, 1.165) is 44.9 Å². The lowest BCUT2D eigenvalue weighted by molar-refractivity contribution is -0.143. The van der Waals surface area contributed by atoms with Crippen molar-refractivity contribution >= 4 is 11.9 Å². The summed E-state index contributed by atoms with van der Waals surface area (Å²) in [5, 5.41) is 23.2. The molecule has 0 rings (SSSR count). The normalized spacial score (nSPS) is 12.6. The number of esters is 1. The molecule has 6 heteroatoms. The van der Waals surface area contributed by atoms with Crippen LogP contribution in [0, 0.1) is 0 Å². The van der Waals surface area contributed by atoms with Gasteiger partial charge in [-0.15, -0.1) is 0 Å². The third-order valence-electron chi connectivity index (χ3n) is 16.0. The Kier molecular flexibility index (Phi) is 63.4. The smallest absolute Gasteiger partial charge is 0.305 e. The Hall–Kier alpha value is -1.66. The van der Waals surface area contributed by atoms with Gasteiger partial charge in [-0.3, -0.25) is 9.59 Å². The fraction of sp³-hybridized carbons (Fsp3) is 0.913. The number of aliphatic hydroxyl groups is 2. The van der Waals surface area contributed by atoms with Gasteiger partial charge in [-0.25, -0.2) is 0 Å². The number of hydrogen-bond acceptors (Lipinski definition) is 5. The molecule has 0 aromatic heterocycles. The molecule has 2 atom stereocenters. The predicted octanol–water partition coefficient (Wildman–Crippen LogP) is 21.8. The highest BCUT2D eigenvalue weighted by Crippen LogP contribution is 2.18. The average molecular weight is 1060 g/mol. The second kappa shape index (κ2) is 64.9. The zero-order valence-electron chi connectivity index (χ0n) is 50.8. The van der Waals surface area contributed by atoms with E-state index in [-0.39, 0.29) is 18.5 Å². The molecule has 0 spiro atoms. The summed E-state index contributed by atoms with van der Waals surface area (Å²) >= 11 is 0. The van der Waals surface area contributed by atoms with Gasteiger partial charge in [0, 0.05) is 12.8 Å². The predicted molar refractivity (Wildman–Crippen MR) is 329 cm³/mol. The van der Waals surface area contributed by atoms with Crippen molar-refractivity contribution < 1.29 is 24.5 Å². The molecule has 0 aromatic rings. The molecule has 3 N–H and O–H groups in total. The molecule has 0 aliphatic carbocycles. The zero-order chi connectivity index (χ0) is 54.3. The lowest BCUT2D eigenvalue weighted by Crippen LogP contribution is -2.45. The summed E-state index contributed by atoms with van der Waals surface area (Å²) in [7, 11) is 0. The Morgan fingerprint density at radius 3 is 0.947 bits per heavy atom. The van der Waals surface area contributed by atoms with Crippen LogP contribution in [0.15, 0.2) is 24.3 Å². The van der Waals surface area contributed by atoms with Gasteiger partial charge in [0.2, 0.25) is 5.91 Å². The molecule has 75 heavy (non-hydrogen) atoms. The van der Waals surface area contributed by atoms with Crippen molar-refractivity contribution in [3.63, 3.8) is 0 Å². The highest BCUT2D eigenvalue weighted by molar-refractivity contribution is 5.76. The molecule has 0 saturated carbocycles. The van der Waals surface area contributed by atoms with Crippen molar-refractivity contribution in [3.05, 3.63) is 24.3 Å². The number of aliphatic hydroxyl groups excluding tert-OH is 2. The van der Waals surface area contributed by atoms with Crippen LogP contribution in [0.2, 0.25) is 0 Å². The molecule has 6 nitrogen and oxygen atoms in total. The maximum absolute atomic E-state index is 12.5. The van der Waals surface area contributed by atoms with Gasteiger partial charge in [-0.2, -0.15) is 0 Å². The molecule has 0 aliphatic rings. The van der Waals surface area contributed by atoms with Crippen molar-refractivity contribution in [2.75, 3.05) is 13.2 Å². The van der Waals surface area contributed by atoms with Crippen molar-refractivity contribution in [2.24, 2.45) is 0 Å². The van der Waals surface area contributed by atoms with E-state index in [1.54, 1.807) is 6.08 Å². The first kappa shape index (κ1) is 73.3. The number of rotatable bonds is 64. The molecule has 0 radical (unpaired) electrons. The number of allylic oxidation sites excluding steroid dienone is 3. The fourth-order valence-corrected chi connectivity index (χ4v) is 10.7. The molecule has 0 saturated heterocycles. The van der Waals surface area contributed by atoms with E-state index in [1.165, 1.54) is 308 Å². The lowest BCUT2D eigenvalue weighted by atomic mass is 10.0. The van der Waals surface area contributed by atoms with Crippen LogP contribution in [0.25, 0.3) is 0 Å². The molecule has 0 heterocycles. The Labute approximate surface area is 469 Å². The highest BCUT2D eigenvalue weighted by Gasteiger charge is 2.18. The first-order valence-corrected chi connectivity index (χ1v) is 34.1. The van der Waals surface area contributed by atoms with Gasteiger partial charge in [-0.05, 0) is 57.8 Å². The summed E-state index contributed by atoms with van der Waals surface area (Å²) in [6.07, 6.45) is 81.0. The summed E-state index contributed by atoms with van der Waals surface area (Å²) < 4.78 is 5.48. The zero-order valence-corrected chi connectivity index (χ0v) is 50.8. The highest BCUT2D eigenvalue weighted by atomic mass is 16.5. The van der Waals surface area contributed by atoms with Crippen LogP contribution in [0.4, 0.5) is 0 Å². The van der Waals surface area contributed by atoms with Crippen LogP contribution in [0.5, 0.6) is 0 Å². The van der Waals surface area contributed by atoms with E-state index in [4.69, 9.17) is 4.74 Å². The van der Waals surface area contributed by atoms with Gasteiger partial charge >= 0.3 is 5.97 Å². The van der Waals surface area contributed by atoms with Crippen LogP contribution in [0.3, 0.4) is 0 Å². The van der Waals surface area contributed by atoms with Crippen molar-refractivity contribution in [3.8, 4) is 0 Å². The van der Waals surface area contributed by atoms with E-state index >= 15 is 0 Å². The average Bonchev–Trinajstić information content (AvgIpc) is 3.41. The van der Waals surface area contributed by atoms with Gasteiger partial charge in [-0.1, -0.05) is 334 Å². The van der Waals surface area contributed by atoms with E-state index in [2.05, 4.69) is 31.3 Å². The number of ether oxygens (including phenoxy) is 1. The Morgan fingerprint density at radius 1 is 0.360 bits per heavy atom. The van der Waals surface area contributed by atoms with Gasteiger partial charge < -0.3 is 20.3 Å². The quantitative estimate of drug-likeness (QED) is 0.0320. The maximum atomic E-state index is 12.5. The number of amides is 1. The molecule has 0 fully saturated rings. The molecular weight excluding hydrogens is 923 g/mol. The van der Waals surface area contributed by atoms with Gasteiger partial charge in [0.25, 0.3) is 0 Å². The number of unbranched alkanes of at least 4 members (excludes halogenated alkanes) is 51. The third kappa shape index (κ3) is 61.4. The Morgan fingerprint density at radius 2 is 0.627 bits per heavy atom. The van der Waals surface area contributed by atoms with E-state index in [1.807, 2.05) is 6.08 Å². The number of nitrogens with one attached hydrogen (secondary N) is 1. The number of hydrogen-bond donors (Lipinski definition) is 3. The SMILES string of the molecule is CCCCCCC/C=C\CCCCCCCC(=O)OCCCCCCCCCCCCCCCCCCCCCCCCCCCCC(=O)NC(CO)C(O)/C=C/CCCCCCCCCCCCCCCCCC. The number of carbonyl (C=O) groups is 2. The summed E-state index contributed by atoms with van der Waals surface area (Å²) in [6, 6.07) is -0.626. The van der Waals surface area contributed by atoms with E-state index in [9.17, 15) is 19.8 Å². The van der Waals surface area contributed by atoms with Crippen LogP contribution < -0.4 is 5.32 Å². The molecule has 1 amide bonds. The van der Waals surface area contributed by atoms with Crippen LogP contribution in [0.1, 0.15) is 380 Å². The van der Waals surface area contributed by atoms with Gasteiger partial charge in [0.15, 0.2) is 0 Å². The minimum Gasteiger partial charge on any atom is -0.466 e. The molecule has 0 bridgehead atoms. The summed E-state index contributed by atoms with van der Waals surface area (Å²) in [6.45, 7) is 4.92. The third-order valence-corrected chi connectivity index (χ3v) is 16.0. The number of carbonyl (C=O) groups excluding carboxylic acids is 2. The molecule has 2 unspecified atom stereocenters. The van der Waals surface area contributed by atoms with Crippen molar-refractivity contribution in [1.82, 2.24) is 5.32 Å². The van der Waals surface area contributed by atoms with Crippen LogP contribution in [-0.4, -0.2) is 47.4 Å². The molecular formula is C69H133NO5. The molecule has 0 aromatic carbocycles. The van der Waals surface area contributed by atoms with Crippen LogP contribution in [-0.2, 0) is 14.3 Å². The van der Waals surface area contributed by atoms with E-state index < -0.39 is 12.1 Å². The summed E-state index contributed by atoms with van der Waals surface area (Å²) in [5.41, 5.74) is 0. The van der Waals surface area contributed by atoms with Crippen molar-refractivity contribution in [2.45, 2.75) is 392 Å². The van der Waals surface area contributed by atoms with Gasteiger partial charge in [0.05, 0.1) is 25.4 Å². The first-order valence-electron chi connectivity index (χ1n) is 34.1. The molecule has 0 aliphatic heterocycles. The first-order chi connectivity index (χ1) is 37.0.